The van der Waals surface area contributed by atoms with Gasteiger partial charge in [0.15, 0.2) is 0 Å². The maximum Gasteiger partial charge on any atom is 0.233 e. The molecular weight excluding hydrogens is 364 g/mol. The molecule has 2 aromatic rings. The second-order valence-electron chi connectivity index (χ2n) is 6.48. The third-order valence-electron chi connectivity index (χ3n) is 4.66. The Morgan fingerprint density at radius 1 is 1.37 bits per heavy atom. The largest absolute Gasteiger partial charge is 0.480 e. The number of carbonyl (C=O) groups excluding carboxylic acids is 1. The maximum absolute atomic E-state index is 12.4. The highest BCUT2D eigenvalue weighted by Gasteiger charge is 2.27. The fourth-order valence-electron chi connectivity index (χ4n) is 3.26. The lowest BCUT2D eigenvalue weighted by Gasteiger charge is -2.29. The van der Waals surface area contributed by atoms with Crippen LogP contribution in [0, 0.1) is 24.2 Å². The molecule has 0 aliphatic heterocycles. The van der Waals surface area contributed by atoms with Gasteiger partial charge in [0.05, 0.1) is 19.3 Å². The van der Waals surface area contributed by atoms with Crippen molar-refractivity contribution in [2.24, 2.45) is 5.92 Å². The first kappa shape index (κ1) is 19.0. The molecule has 0 saturated heterocycles. The zero-order valence-electron chi connectivity index (χ0n) is 15.4. The molecule has 0 radical (unpaired) electrons. The molecule has 142 valence electrons. The van der Waals surface area contributed by atoms with E-state index in [1.54, 1.807) is 12.3 Å². The van der Waals surface area contributed by atoms with E-state index < -0.39 is 0 Å². The summed E-state index contributed by atoms with van der Waals surface area (Å²) in [4.78, 5) is 16.4. The lowest BCUT2D eigenvalue weighted by atomic mass is 9.85. The fourth-order valence-corrected chi connectivity index (χ4v) is 3.91. The Morgan fingerprint density at radius 2 is 2.15 bits per heavy atom. The predicted octanol–water partition coefficient (Wildman–Crippen LogP) is 2.41. The summed E-state index contributed by atoms with van der Waals surface area (Å²) in [5.41, 5.74) is 1.14. The second-order valence-corrected chi connectivity index (χ2v) is 7.75. The van der Waals surface area contributed by atoms with Crippen molar-refractivity contribution in [1.82, 2.24) is 20.5 Å². The molecule has 2 N–H and O–H groups in total. The number of carbonyl (C=O) groups is 1. The molecule has 1 saturated carbocycles. The van der Waals surface area contributed by atoms with Gasteiger partial charge in [-0.1, -0.05) is 11.3 Å². The average Bonchev–Trinajstić information content (AvgIpc) is 3.11. The molecule has 0 atom stereocenters. The van der Waals surface area contributed by atoms with E-state index in [1.807, 2.05) is 6.92 Å². The molecule has 2 heterocycles. The van der Waals surface area contributed by atoms with E-state index in [2.05, 4.69) is 31.9 Å². The van der Waals surface area contributed by atoms with E-state index in [4.69, 9.17) is 4.74 Å². The van der Waals surface area contributed by atoms with Crippen molar-refractivity contribution in [3.8, 4) is 11.9 Å². The Bertz CT molecular complexity index is 839. The highest BCUT2D eigenvalue weighted by atomic mass is 32.1. The van der Waals surface area contributed by atoms with E-state index in [0.29, 0.717) is 18.0 Å². The van der Waals surface area contributed by atoms with E-state index in [9.17, 15) is 10.1 Å². The molecule has 1 amide bonds. The number of hydrogen-bond acceptors (Lipinski definition) is 8. The standard InChI is InChI=1S/C18H22N6O2S/c1-11-23-24-16(27-11)10-21-17(25)12-3-5-13(6-4-12)22-15-7-8-20-18(26-2)14(15)9-19/h7-8,12-13H,3-6,10H2,1-2H3,(H,20,22)(H,21,25). The van der Waals surface area contributed by atoms with Gasteiger partial charge in [-0.3, -0.25) is 4.79 Å². The summed E-state index contributed by atoms with van der Waals surface area (Å²) in [7, 11) is 1.50. The normalized spacial score (nSPS) is 19.1. The summed E-state index contributed by atoms with van der Waals surface area (Å²) in [6, 6.07) is 4.14. The monoisotopic (exact) mass is 386 g/mol. The number of nitrogens with zero attached hydrogens (tertiary/aromatic N) is 4. The van der Waals surface area contributed by atoms with Crippen LogP contribution in [0.2, 0.25) is 0 Å². The van der Waals surface area contributed by atoms with Crippen molar-refractivity contribution in [3.05, 3.63) is 27.8 Å². The maximum atomic E-state index is 12.4. The van der Waals surface area contributed by atoms with Crippen molar-refractivity contribution in [2.75, 3.05) is 12.4 Å². The lowest BCUT2D eigenvalue weighted by molar-refractivity contribution is -0.126. The van der Waals surface area contributed by atoms with Crippen molar-refractivity contribution >= 4 is 22.9 Å². The Balaban J connectivity index is 1.50. The Kier molecular flexibility index (Phi) is 6.19. The number of ether oxygens (including phenoxy) is 1. The number of amides is 1. The van der Waals surface area contributed by atoms with Gasteiger partial charge < -0.3 is 15.4 Å². The SMILES string of the molecule is COc1nccc(NC2CCC(C(=O)NCc3nnc(C)s3)CC2)c1C#N. The van der Waals surface area contributed by atoms with Crippen LogP contribution in [0.3, 0.4) is 0 Å². The number of aromatic nitrogens is 3. The van der Waals surface area contributed by atoms with Crippen LogP contribution in [0.4, 0.5) is 5.69 Å². The molecule has 9 heteroatoms. The fraction of sp³-hybridized carbons (Fsp3) is 0.500. The van der Waals surface area contributed by atoms with Gasteiger partial charge in [0.2, 0.25) is 11.8 Å². The first-order chi connectivity index (χ1) is 13.1. The third kappa shape index (κ3) is 4.71. The molecule has 8 nitrogen and oxygen atoms in total. The summed E-state index contributed by atoms with van der Waals surface area (Å²) in [6.07, 6.45) is 4.97. The van der Waals surface area contributed by atoms with Gasteiger partial charge in [0, 0.05) is 18.2 Å². The number of hydrogen-bond donors (Lipinski definition) is 2. The summed E-state index contributed by atoms with van der Waals surface area (Å²) in [5.74, 6) is 0.409. The minimum absolute atomic E-state index is 0.0134. The zero-order valence-corrected chi connectivity index (χ0v) is 16.2. The van der Waals surface area contributed by atoms with Crippen LogP contribution in [-0.2, 0) is 11.3 Å². The topological polar surface area (TPSA) is 113 Å². The number of anilines is 1. The quantitative estimate of drug-likeness (QED) is 0.784. The van der Waals surface area contributed by atoms with Crippen LogP contribution in [-0.4, -0.2) is 34.2 Å². The van der Waals surface area contributed by atoms with Crippen molar-refractivity contribution in [3.63, 3.8) is 0 Å². The minimum Gasteiger partial charge on any atom is -0.480 e. The Hall–Kier alpha value is -2.73. The van der Waals surface area contributed by atoms with Gasteiger partial charge in [0.25, 0.3) is 0 Å². The number of aryl methyl sites for hydroxylation is 1. The van der Waals surface area contributed by atoms with Crippen LogP contribution in [0.1, 0.15) is 41.3 Å². The van der Waals surface area contributed by atoms with Crippen molar-refractivity contribution < 1.29 is 9.53 Å². The molecule has 1 fully saturated rings. The molecule has 1 aliphatic carbocycles. The van der Waals surface area contributed by atoms with E-state index in [-0.39, 0.29) is 17.9 Å². The number of pyridine rings is 1. The first-order valence-corrected chi connectivity index (χ1v) is 9.68. The number of methoxy groups -OCH3 is 1. The predicted molar refractivity (Wildman–Crippen MR) is 101 cm³/mol. The first-order valence-electron chi connectivity index (χ1n) is 8.87. The van der Waals surface area contributed by atoms with Gasteiger partial charge >= 0.3 is 0 Å². The van der Waals surface area contributed by atoms with Crippen LogP contribution in [0.25, 0.3) is 0 Å². The lowest BCUT2D eigenvalue weighted by Crippen LogP contribution is -2.35. The average molecular weight is 386 g/mol. The smallest absolute Gasteiger partial charge is 0.233 e. The van der Waals surface area contributed by atoms with Crippen molar-refractivity contribution in [1.29, 1.82) is 5.26 Å². The van der Waals surface area contributed by atoms with Crippen LogP contribution in [0.5, 0.6) is 5.88 Å². The molecule has 2 aromatic heterocycles. The van der Waals surface area contributed by atoms with Crippen LogP contribution < -0.4 is 15.4 Å². The molecule has 0 unspecified atom stereocenters. The third-order valence-corrected chi connectivity index (χ3v) is 5.50. The van der Waals surface area contributed by atoms with Gasteiger partial charge in [-0.05, 0) is 38.7 Å². The number of nitrogens with one attached hydrogen (secondary N) is 2. The zero-order chi connectivity index (χ0) is 19.2. The second kappa shape index (κ2) is 8.77. The highest BCUT2D eigenvalue weighted by Crippen LogP contribution is 2.29. The molecule has 27 heavy (non-hydrogen) atoms. The van der Waals surface area contributed by atoms with E-state index in [0.717, 1.165) is 41.4 Å². The summed E-state index contributed by atoms with van der Waals surface area (Å²) >= 11 is 1.50. The Morgan fingerprint density at radius 3 is 2.78 bits per heavy atom. The van der Waals surface area contributed by atoms with Gasteiger partial charge in [0.1, 0.15) is 21.6 Å². The van der Waals surface area contributed by atoms with E-state index in [1.165, 1.54) is 18.4 Å². The summed E-state index contributed by atoms with van der Waals surface area (Å²) in [5, 5.41) is 25.4. The summed E-state index contributed by atoms with van der Waals surface area (Å²) < 4.78 is 5.14. The van der Waals surface area contributed by atoms with Gasteiger partial charge in [-0.2, -0.15) is 5.26 Å². The molecule has 1 aliphatic rings. The number of rotatable bonds is 6. The van der Waals surface area contributed by atoms with Crippen LogP contribution in [0.15, 0.2) is 12.3 Å². The van der Waals surface area contributed by atoms with Gasteiger partial charge in [-0.15, -0.1) is 10.2 Å². The highest BCUT2D eigenvalue weighted by molar-refractivity contribution is 7.11. The van der Waals surface area contributed by atoms with Crippen LogP contribution >= 0.6 is 11.3 Å². The minimum atomic E-state index is 0.0134. The molecular formula is C18H22N6O2S. The summed E-state index contributed by atoms with van der Waals surface area (Å²) in [6.45, 7) is 2.33. The molecule has 0 aromatic carbocycles. The Labute approximate surface area is 162 Å². The molecule has 3 rings (SSSR count). The van der Waals surface area contributed by atoms with E-state index >= 15 is 0 Å². The number of nitriles is 1. The van der Waals surface area contributed by atoms with Crippen molar-refractivity contribution in [2.45, 2.75) is 45.2 Å². The van der Waals surface area contributed by atoms with Gasteiger partial charge in [-0.25, -0.2) is 4.98 Å². The molecule has 0 bridgehead atoms. The molecule has 0 spiro atoms.